The molecular weight excluding hydrogens is 380 g/mol. The lowest BCUT2D eigenvalue weighted by Gasteiger charge is -2.34. The molecule has 1 N–H and O–H groups in total. The van der Waals surface area contributed by atoms with E-state index in [0.29, 0.717) is 39.0 Å². The molecule has 0 saturated carbocycles. The Morgan fingerprint density at radius 1 is 1.13 bits per heavy atom. The van der Waals surface area contributed by atoms with Crippen LogP contribution in [0.25, 0.3) is 0 Å². The Morgan fingerprint density at radius 3 is 2.47 bits per heavy atom. The first-order valence-corrected chi connectivity index (χ1v) is 11.3. The van der Waals surface area contributed by atoms with Crippen molar-refractivity contribution in [2.75, 3.05) is 59.1 Å². The smallest absolute Gasteiger partial charge is 0.232 e. The number of amides is 1. The fraction of sp³-hybridized carbons (Fsp3) is 0.652. The fourth-order valence-electron chi connectivity index (χ4n) is 4.09. The van der Waals surface area contributed by atoms with Crippen molar-refractivity contribution < 1.29 is 14.3 Å². The first-order chi connectivity index (χ1) is 14.7. The Kier molecular flexibility index (Phi) is 8.96. The Morgan fingerprint density at radius 2 is 1.83 bits per heavy atom. The highest BCUT2D eigenvalue weighted by molar-refractivity contribution is 5.85. The van der Waals surface area contributed by atoms with Gasteiger partial charge in [0.1, 0.15) is 0 Å². The second kappa shape index (κ2) is 11.9. The summed E-state index contributed by atoms with van der Waals surface area (Å²) in [6.45, 7) is 10.5. The molecule has 0 spiro atoms. The van der Waals surface area contributed by atoms with Gasteiger partial charge in [-0.25, -0.2) is 0 Å². The number of guanidine groups is 1. The van der Waals surface area contributed by atoms with Crippen molar-refractivity contribution in [2.45, 2.75) is 38.7 Å². The summed E-state index contributed by atoms with van der Waals surface area (Å²) in [4.78, 5) is 22.4. The van der Waals surface area contributed by atoms with Crippen LogP contribution in [0.15, 0.2) is 35.3 Å². The summed E-state index contributed by atoms with van der Waals surface area (Å²) in [5.74, 6) is 0.751. The molecular formula is C23H36N4O3. The molecule has 30 heavy (non-hydrogen) atoms. The number of hydrogen-bond donors (Lipinski definition) is 1. The van der Waals surface area contributed by atoms with Gasteiger partial charge >= 0.3 is 0 Å². The minimum Gasteiger partial charge on any atom is -0.378 e. The molecule has 0 radical (unpaired) electrons. The van der Waals surface area contributed by atoms with Gasteiger partial charge in [-0.2, -0.15) is 0 Å². The molecule has 1 aromatic rings. The SMILES string of the molecule is CCNC(=NCC(C(=O)N1CCOCC1)c1ccccc1)N1CCC(OCC)CC1. The Balaban J connectivity index is 1.72. The third-order valence-electron chi connectivity index (χ3n) is 5.73. The summed E-state index contributed by atoms with van der Waals surface area (Å²) < 4.78 is 11.2. The van der Waals surface area contributed by atoms with E-state index in [2.05, 4.69) is 17.1 Å². The van der Waals surface area contributed by atoms with Gasteiger partial charge < -0.3 is 24.6 Å². The first-order valence-electron chi connectivity index (χ1n) is 11.3. The van der Waals surface area contributed by atoms with Crippen LogP contribution in [0.3, 0.4) is 0 Å². The average molecular weight is 417 g/mol. The maximum atomic E-state index is 13.3. The van der Waals surface area contributed by atoms with E-state index in [9.17, 15) is 4.79 Å². The van der Waals surface area contributed by atoms with Crippen molar-refractivity contribution in [3.8, 4) is 0 Å². The summed E-state index contributed by atoms with van der Waals surface area (Å²) in [5.41, 5.74) is 1.02. The number of piperidine rings is 1. The molecule has 166 valence electrons. The van der Waals surface area contributed by atoms with Crippen molar-refractivity contribution in [1.82, 2.24) is 15.1 Å². The van der Waals surface area contributed by atoms with Crippen LogP contribution >= 0.6 is 0 Å². The minimum atomic E-state index is -0.279. The Bertz CT molecular complexity index is 668. The molecule has 2 saturated heterocycles. The van der Waals surface area contributed by atoms with Crippen LogP contribution in [0.2, 0.25) is 0 Å². The average Bonchev–Trinajstić information content (AvgIpc) is 2.80. The number of aliphatic imine (C=N–C) groups is 1. The van der Waals surface area contributed by atoms with Crippen LogP contribution < -0.4 is 5.32 Å². The fourth-order valence-corrected chi connectivity index (χ4v) is 4.09. The number of ether oxygens (including phenoxy) is 2. The molecule has 2 fully saturated rings. The molecule has 1 unspecified atom stereocenters. The third kappa shape index (κ3) is 6.19. The van der Waals surface area contributed by atoms with E-state index in [0.717, 1.165) is 50.6 Å². The zero-order valence-electron chi connectivity index (χ0n) is 18.4. The van der Waals surface area contributed by atoms with Crippen molar-refractivity contribution >= 4 is 11.9 Å². The van der Waals surface area contributed by atoms with E-state index in [1.807, 2.05) is 42.2 Å². The van der Waals surface area contributed by atoms with Gasteiger partial charge in [-0.1, -0.05) is 30.3 Å². The van der Waals surface area contributed by atoms with Crippen LogP contribution in [-0.2, 0) is 14.3 Å². The van der Waals surface area contributed by atoms with Gasteiger partial charge in [-0.3, -0.25) is 9.79 Å². The molecule has 0 aliphatic carbocycles. The zero-order chi connectivity index (χ0) is 21.2. The van der Waals surface area contributed by atoms with Crippen LogP contribution in [0.5, 0.6) is 0 Å². The molecule has 2 aliphatic heterocycles. The molecule has 7 nitrogen and oxygen atoms in total. The van der Waals surface area contributed by atoms with Crippen LogP contribution in [0, 0.1) is 0 Å². The van der Waals surface area contributed by atoms with Crippen molar-refractivity contribution in [2.24, 2.45) is 4.99 Å². The van der Waals surface area contributed by atoms with Crippen LogP contribution in [0.1, 0.15) is 38.2 Å². The van der Waals surface area contributed by atoms with E-state index in [1.165, 1.54) is 0 Å². The maximum absolute atomic E-state index is 13.3. The second-order valence-electron chi connectivity index (χ2n) is 7.74. The quantitative estimate of drug-likeness (QED) is 0.545. The number of carbonyl (C=O) groups excluding carboxylic acids is 1. The Hall–Kier alpha value is -2.12. The lowest BCUT2D eigenvalue weighted by molar-refractivity contribution is -0.136. The zero-order valence-corrected chi connectivity index (χ0v) is 18.4. The largest absolute Gasteiger partial charge is 0.378 e. The molecule has 2 heterocycles. The maximum Gasteiger partial charge on any atom is 0.232 e. The van der Waals surface area contributed by atoms with Gasteiger partial charge in [0.25, 0.3) is 0 Å². The van der Waals surface area contributed by atoms with Gasteiger partial charge in [0.2, 0.25) is 5.91 Å². The number of rotatable bonds is 7. The summed E-state index contributed by atoms with van der Waals surface area (Å²) in [6.07, 6.45) is 2.36. The van der Waals surface area contributed by atoms with E-state index < -0.39 is 0 Å². The number of nitrogens with zero attached hydrogens (tertiary/aromatic N) is 3. The lowest BCUT2D eigenvalue weighted by atomic mass is 9.97. The highest BCUT2D eigenvalue weighted by atomic mass is 16.5. The number of hydrogen-bond acceptors (Lipinski definition) is 4. The van der Waals surface area contributed by atoms with Crippen molar-refractivity contribution in [1.29, 1.82) is 0 Å². The highest BCUT2D eigenvalue weighted by Gasteiger charge is 2.28. The number of likely N-dealkylation sites (tertiary alicyclic amines) is 1. The van der Waals surface area contributed by atoms with Gasteiger partial charge in [0, 0.05) is 39.3 Å². The van der Waals surface area contributed by atoms with E-state index in [4.69, 9.17) is 14.5 Å². The number of morpholine rings is 1. The monoisotopic (exact) mass is 416 g/mol. The molecule has 7 heteroatoms. The van der Waals surface area contributed by atoms with Crippen LogP contribution in [-0.4, -0.2) is 86.9 Å². The normalized spacial score (nSPS) is 19.6. The van der Waals surface area contributed by atoms with Gasteiger partial charge in [-0.15, -0.1) is 0 Å². The van der Waals surface area contributed by atoms with Gasteiger partial charge in [0.15, 0.2) is 5.96 Å². The molecule has 1 amide bonds. The van der Waals surface area contributed by atoms with Crippen molar-refractivity contribution in [3.05, 3.63) is 35.9 Å². The molecule has 0 bridgehead atoms. The minimum absolute atomic E-state index is 0.138. The molecule has 0 aromatic heterocycles. The molecule has 1 atom stereocenters. The van der Waals surface area contributed by atoms with E-state index >= 15 is 0 Å². The Labute approximate surface area is 180 Å². The number of carbonyl (C=O) groups is 1. The summed E-state index contributed by atoms with van der Waals surface area (Å²) >= 11 is 0. The summed E-state index contributed by atoms with van der Waals surface area (Å²) in [5, 5.41) is 3.41. The topological polar surface area (TPSA) is 66.4 Å². The molecule has 1 aromatic carbocycles. The third-order valence-corrected chi connectivity index (χ3v) is 5.73. The molecule has 3 rings (SSSR count). The lowest BCUT2D eigenvalue weighted by Crippen LogP contribution is -2.47. The number of nitrogens with one attached hydrogen (secondary N) is 1. The number of benzene rings is 1. The predicted molar refractivity (Wildman–Crippen MR) is 119 cm³/mol. The second-order valence-corrected chi connectivity index (χ2v) is 7.74. The predicted octanol–water partition coefficient (Wildman–Crippen LogP) is 2.10. The highest BCUT2D eigenvalue weighted by Crippen LogP contribution is 2.21. The standard InChI is InChI=1S/C23H36N4O3/c1-3-24-23(27-12-10-20(11-13-27)30-4-2)25-18-21(19-8-6-5-7-9-19)22(28)26-14-16-29-17-15-26/h5-9,20-21H,3-4,10-18H2,1-2H3,(H,24,25). The summed E-state index contributed by atoms with van der Waals surface area (Å²) in [6, 6.07) is 10.0. The first kappa shape index (κ1) is 22.6. The van der Waals surface area contributed by atoms with Gasteiger partial charge in [-0.05, 0) is 32.3 Å². The van der Waals surface area contributed by atoms with E-state index in [-0.39, 0.29) is 11.8 Å². The van der Waals surface area contributed by atoms with E-state index in [1.54, 1.807) is 0 Å². The summed E-state index contributed by atoms with van der Waals surface area (Å²) in [7, 11) is 0. The molecule has 2 aliphatic rings. The van der Waals surface area contributed by atoms with Crippen LogP contribution in [0.4, 0.5) is 0 Å². The van der Waals surface area contributed by atoms with Crippen molar-refractivity contribution in [3.63, 3.8) is 0 Å². The van der Waals surface area contributed by atoms with Gasteiger partial charge in [0.05, 0.1) is 31.8 Å².